The second kappa shape index (κ2) is 6.97. The molecule has 1 aliphatic heterocycles. The van der Waals surface area contributed by atoms with E-state index in [4.69, 9.17) is 5.73 Å². The minimum absolute atomic E-state index is 0.0994. The molecule has 0 aliphatic carbocycles. The van der Waals surface area contributed by atoms with Crippen LogP contribution in [0.2, 0.25) is 0 Å². The highest BCUT2D eigenvalue weighted by Gasteiger charge is 2.31. The molecule has 2 N–H and O–H groups in total. The van der Waals surface area contributed by atoms with Gasteiger partial charge in [0.25, 0.3) is 0 Å². The summed E-state index contributed by atoms with van der Waals surface area (Å²) in [6.45, 7) is 3.68. The number of nitrogens with two attached hydrogens (primary N) is 1. The molecule has 4 nitrogen and oxygen atoms in total. The van der Waals surface area contributed by atoms with Gasteiger partial charge in [0.2, 0.25) is 0 Å². The molecular weight excluding hydrogens is 256 g/mol. The standard InChI is InChI=1S/C11H24N2O2S2/c1-3-4-5-10(12)8-13-6-7-16-9-11(13)17(2,14)15/h10-11H,3-9,12H2,1-2H3/t10-,11?/m0/s1. The van der Waals surface area contributed by atoms with Gasteiger partial charge >= 0.3 is 0 Å². The largest absolute Gasteiger partial charge is 0.327 e. The van der Waals surface area contributed by atoms with E-state index in [1.807, 2.05) is 4.90 Å². The van der Waals surface area contributed by atoms with E-state index in [9.17, 15) is 8.42 Å². The van der Waals surface area contributed by atoms with E-state index < -0.39 is 9.84 Å². The highest BCUT2D eigenvalue weighted by molar-refractivity contribution is 8.00. The maximum atomic E-state index is 11.7. The van der Waals surface area contributed by atoms with Crippen molar-refractivity contribution in [2.45, 2.75) is 37.6 Å². The van der Waals surface area contributed by atoms with Crippen LogP contribution in [0.4, 0.5) is 0 Å². The van der Waals surface area contributed by atoms with Crippen molar-refractivity contribution in [3.8, 4) is 0 Å². The molecule has 0 spiro atoms. The summed E-state index contributed by atoms with van der Waals surface area (Å²) in [5.41, 5.74) is 6.05. The lowest BCUT2D eigenvalue weighted by Crippen LogP contribution is -2.51. The Morgan fingerprint density at radius 2 is 2.24 bits per heavy atom. The van der Waals surface area contributed by atoms with Gasteiger partial charge in [-0.25, -0.2) is 8.42 Å². The van der Waals surface area contributed by atoms with Crippen LogP contribution in [0, 0.1) is 0 Å². The Hall–Kier alpha value is 0.220. The van der Waals surface area contributed by atoms with E-state index in [0.717, 1.165) is 31.6 Å². The monoisotopic (exact) mass is 280 g/mol. The van der Waals surface area contributed by atoms with E-state index in [2.05, 4.69) is 6.92 Å². The molecule has 0 aromatic carbocycles. The van der Waals surface area contributed by atoms with Crippen LogP contribution in [-0.4, -0.2) is 55.6 Å². The number of rotatable bonds is 6. The molecule has 0 aromatic rings. The number of sulfone groups is 1. The Morgan fingerprint density at radius 3 is 2.82 bits per heavy atom. The maximum Gasteiger partial charge on any atom is 0.164 e. The second-order valence-electron chi connectivity index (χ2n) is 4.76. The van der Waals surface area contributed by atoms with Crippen molar-refractivity contribution in [2.24, 2.45) is 5.73 Å². The third-order valence-corrected chi connectivity index (χ3v) is 5.77. The van der Waals surface area contributed by atoms with Crippen LogP contribution in [-0.2, 0) is 9.84 Å². The molecule has 0 aromatic heterocycles. The summed E-state index contributed by atoms with van der Waals surface area (Å²) in [4.78, 5) is 2.05. The van der Waals surface area contributed by atoms with Crippen molar-refractivity contribution < 1.29 is 8.42 Å². The SMILES string of the molecule is CCCC[C@H](N)CN1CCSCC1S(C)(=O)=O. The molecule has 0 bridgehead atoms. The summed E-state index contributed by atoms with van der Waals surface area (Å²) < 4.78 is 23.4. The van der Waals surface area contributed by atoms with Gasteiger partial charge in [-0.1, -0.05) is 19.8 Å². The molecule has 2 atom stereocenters. The number of hydrogen-bond acceptors (Lipinski definition) is 5. The van der Waals surface area contributed by atoms with Crippen LogP contribution >= 0.6 is 11.8 Å². The Bertz CT molecular complexity index is 319. The minimum Gasteiger partial charge on any atom is -0.327 e. The fraction of sp³-hybridized carbons (Fsp3) is 1.00. The Kier molecular flexibility index (Phi) is 6.26. The number of nitrogens with zero attached hydrogens (tertiary/aromatic N) is 1. The average Bonchev–Trinajstić information content (AvgIpc) is 2.25. The Morgan fingerprint density at radius 1 is 1.53 bits per heavy atom. The van der Waals surface area contributed by atoms with Gasteiger partial charge in [-0.3, -0.25) is 4.90 Å². The quantitative estimate of drug-likeness (QED) is 0.784. The first kappa shape index (κ1) is 15.3. The van der Waals surface area contributed by atoms with Gasteiger partial charge in [0, 0.05) is 36.9 Å². The third-order valence-electron chi connectivity index (χ3n) is 3.08. The number of hydrogen-bond donors (Lipinski definition) is 1. The van der Waals surface area contributed by atoms with Gasteiger partial charge in [0.05, 0.1) is 0 Å². The molecular formula is C11H24N2O2S2. The van der Waals surface area contributed by atoms with Crippen LogP contribution in [0.15, 0.2) is 0 Å². The van der Waals surface area contributed by atoms with Gasteiger partial charge in [-0.2, -0.15) is 11.8 Å². The highest BCUT2D eigenvalue weighted by Crippen LogP contribution is 2.20. The summed E-state index contributed by atoms with van der Waals surface area (Å²) in [5.74, 6) is 1.69. The van der Waals surface area contributed by atoms with E-state index >= 15 is 0 Å². The van der Waals surface area contributed by atoms with Crippen LogP contribution in [0.1, 0.15) is 26.2 Å². The van der Waals surface area contributed by atoms with Crippen LogP contribution in [0.25, 0.3) is 0 Å². The lowest BCUT2D eigenvalue weighted by atomic mass is 10.1. The zero-order valence-electron chi connectivity index (χ0n) is 10.8. The molecule has 1 heterocycles. The predicted octanol–water partition coefficient (Wildman–Crippen LogP) is 0.923. The van der Waals surface area contributed by atoms with Gasteiger partial charge in [0.1, 0.15) is 5.37 Å². The average molecular weight is 280 g/mol. The van der Waals surface area contributed by atoms with E-state index in [-0.39, 0.29) is 11.4 Å². The molecule has 17 heavy (non-hydrogen) atoms. The van der Waals surface area contributed by atoms with Crippen molar-refractivity contribution >= 4 is 21.6 Å². The van der Waals surface area contributed by atoms with Gasteiger partial charge in [-0.05, 0) is 6.42 Å². The van der Waals surface area contributed by atoms with Crippen LogP contribution < -0.4 is 5.73 Å². The first-order chi connectivity index (χ1) is 7.95. The van der Waals surface area contributed by atoms with E-state index in [1.165, 1.54) is 6.26 Å². The van der Waals surface area contributed by atoms with Crippen molar-refractivity contribution in [3.05, 3.63) is 0 Å². The van der Waals surface area contributed by atoms with Crippen molar-refractivity contribution in [2.75, 3.05) is 30.9 Å². The first-order valence-corrected chi connectivity index (χ1v) is 9.32. The summed E-state index contributed by atoms with van der Waals surface area (Å²) in [6.07, 6.45) is 4.57. The molecule has 0 radical (unpaired) electrons. The first-order valence-electron chi connectivity index (χ1n) is 6.21. The Labute approximate surface area is 109 Å². The summed E-state index contributed by atoms with van der Waals surface area (Å²) >= 11 is 1.72. The van der Waals surface area contributed by atoms with Gasteiger partial charge in [-0.15, -0.1) is 0 Å². The topological polar surface area (TPSA) is 63.4 Å². The molecule has 0 amide bonds. The third kappa shape index (κ3) is 5.16. The maximum absolute atomic E-state index is 11.7. The number of unbranched alkanes of at least 4 members (excludes halogenated alkanes) is 1. The summed E-state index contributed by atoms with van der Waals surface area (Å²) in [7, 11) is -2.99. The number of thioether (sulfide) groups is 1. The van der Waals surface area contributed by atoms with Crippen molar-refractivity contribution in [1.29, 1.82) is 0 Å². The van der Waals surface area contributed by atoms with Gasteiger partial charge in [0.15, 0.2) is 9.84 Å². The molecule has 1 rings (SSSR count). The van der Waals surface area contributed by atoms with Crippen molar-refractivity contribution in [3.63, 3.8) is 0 Å². The highest BCUT2D eigenvalue weighted by atomic mass is 32.2. The molecule has 1 aliphatic rings. The lowest BCUT2D eigenvalue weighted by Gasteiger charge is -2.35. The zero-order chi connectivity index (χ0) is 12.9. The van der Waals surface area contributed by atoms with Crippen LogP contribution in [0.5, 0.6) is 0 Å². The van der Waals surface area contributed by atoms with Crippen molar-refractivity contribution in [1.82, 2.24) is 4.90 Å². The molecule has 102 valence electrons. The molecule has 1 saturated heterocycles. The Balaban J connectivity index is 2.54. The van der Waals surface area contributed by atoms with E-state index in [1.54, 1.807) is 11.8 Å². The summed E-state index contributed by atoms with van der Waals surface area (Å²) in [5, 5.41) is -0.339. The predicted molar refractivity (Wildman–Crippen MR) is 75.0 cm³/mol. The fourth-order valence-electron chi connectivity index (χ4n) is 2.08. The minimum atomic E-state index is -2.99. The molecule has 1 unspecified atom stereocenters. The normalized spacial score (nSPS) is 24.8. The summed E-state index contributed by atoms with van der Waals surface area (Å²) in [6, 6.07) is 0.0994. The molecule has 1 fully saturated rings. The smallest absolute Gasteiger partial charge is 0.164 e. The van der Waals surface area contributed by atoms with Gasteiger partial charge < -0.3 is 5.73 Å². The second-order valence-corrected chi connectivity index (χ2v) is 8.11. The van der Waals surface area contributed by atoms with Crippen LogP contribution in [0.3, 0.4) is 0 Å². The zero-order valence-corrected chi connectivity index (χ0v) is 12.4. The molecule has 6 heteroatoms. The lowest BCUT2D eigenvalue weighted by molar-refractivity contribution is 0.248. The van der Waals surface area contributed by atoms with E-state index in [0.29, 0.717) is 12.3 Å². The molecule has 0 saturated carbocycles. The fourth-order valence-corrected chi connectivity index (χ4v) is 5.03.